The second kappa shape index (κ2) is 5.52. The Morgan fingerprint density at radius 3 is 2.65 bits per heavy atom. The van der Waals surface area contributed by atoms with E-state index in [-0.39, 0.29) is 6.61 Å². The molecule has 0 bridgehead atoms. The Morgan fingerprint density at radius 1 is 1.35 bits per heavy atom. The summed E-state index contributed by atoms with van der Waals surface area (Å²) < 4.78 is 0. The molecule has 1 aromatic rings. The lowest BCUT2D eigenvalue weighted by Crippen LogP contribution is -2.36. The number of aliphatic hydroxyl groups excluding tert-OH is 2. The van der Waals surface area contributed by atoms with Gasteiger partial charge >= 0.3 is 0 Å². The van der Waals surface area contributed by atoms with Crippen LogP contribution in [0.15, 0.2) is 24.3 Å². The van der Waals surface area contributed by atoms with Gasteiger partial charge in [0.1, 0.15) is 0 Å². The van der Waals surface area contributed by atoms with Crippen molar-refractivity contribution in [3.05, 3.63) is 29.8 Å². The fraction of sp³-hybridized carbons (Fsp3) is 0.571. The standard InChI is InChI=1S/C14H21NO2/c1-11(17)13-4-6-14(7-5-13)15-8-2-3-12(9-15)10-16/h4-7,11-12,16-17H,2-3,8-10H2,1H3/t11-,12?/m1/s1. The summed E-state index contributed by atoms with van der Waals surface area (Å²) in [6.45, 7) is 4.05. The molecule has 94 valence electrons. The maximum Gasteiger partial charge on any atom is 0.0761 e. The van der Waals surface area contributed by atoms with Gasteiger partial charge in [-0.05, 0) is 43.4 Å². The van der Waals surface area contributed by atoms with Crippen LogP contribution < -0.4 is 4.90 Å². The Hall–Kier alpha value is -1.06. The largest absolute Gasteiger partial charge is 0.396 e. The van der Waals surface area contributed by atoms with Crippen LogP contribution in [0.3, 0.4) is 0 Å². The first-order chi connectivity index (χ1) is 8.20. The van der Waals surface area contributed by atoms with Crippen LogP contribution in [0.25, 0.3) is 0 Å². The smallest absolute Gasteiger partial charge is 0.0761 e. The fourth-order valence-electron chi connectivity index (χ4n) is 2.41. The Balaban J connectivity index is 2.06. The molecule has 0 aromatic heterocycles. The van der Waals surface area contributed by atoms with Crippen molar-refractivity contribution >= 4 is 5.69 Å². The van der Waals surface area contributed by atoms with Gasteiger partial charge in [-0.15, -0.1) is 0 Å². The molecule has 2 N–H and O–H groups in total. The van der Waals surface area contributed by atoms with E-state index in [1.165, 1.54) is 5.69 Å². The van der Waals surface area contributed by atoms with Crippen molar-refractivity contribution < 1.29 is 10.2 Å². The zero-order valence-electron chi connectivity index (χ0n) is 10.3. The van der Waals surface area contributed by atoms with E-state index in [4.69, 9.17) is 0 Å². The molecule has 1 saturated heterocycles. The van der Waals surface area contributed by atoms with Crippen molar-refractivity contribution in [1.82, 2.24) is 0 Å². The summed E-state index contributed by atoms with van der Waals surface area (Å²) in [7, 11) is 0. The highest BCUT2D eigenvalue weighted by Crippen LogP contribution is 2.24. The van der Waals surface area contributed by atoms with Crippen LogP contribution in [0.4, 0.5) is 5.69 Å². The van der Waals surface area contributed by atoms with E-state index < -0.39 is 6.10 Å². The van der Waals surface area contributed by atoms with E-state index in [0.717, 1.165) is 31.5 Å². The number of hydrogen-bond donors (Lipinski definition) is 2. The third kappa shape index (κ3) is 2.99. The lowest BCUT2D eigenvalue weighted by Gasteiger charge is -2.33. The molecule has 1 aliphatic rings. The Kier molecular flexibility index (Phi) is 4.02. The number of benzene rings is 1. The van der Waals surface area contributed by atoms with Crippen molar-refractivity contribution in [3.63, 3.8) is 0 Å². The van der Waals surface area contributed by atoms with Gasteiger partial charge in [-0.25, -0.2) is 0 Å². The second-order valence-corrected chi connectivity index (χ2v) is 4.90. The minimum Gasteiger partial charge on any atom is -0.396 e. The molecule has 1 heterocycles. The highest BCUT2D eigenvalue weighted by molar-refractivity contribution is 5.48. The molecule has 1 unspecified atom stereocenters. The van der Waals surface area contributed by atoms with Gasteiger partial charge in [0.15, 0.2) is 0 Å². The minimum atomic E-state index is -0.407. The lowest BCUT2D eigenvalue weighted by molar-refractivity contribution is 0.199. The van der Waals surface area contributed by atoms with Crippen LogP contribution in [-0.4, -0.2) is 29.9 Å². The molecule has 0 amide bonds. The molecule has 0 aliphatic carbocycles. The van der Waals surface area contributed by atoms with Gasteiger partial charge in [-0.2, -0.15) is 0 Å². The predicted molar refractivity (Wildman–Crippen MR) is 69.1 cm³/mol. The van der Waals surface area contributed by atoms with E-state index in [0.29, 0.717) is 5.92 Å². The van der Waals surface area contributed by atoms with Crippen molar-refractivity contribution in [3.8, 4) is 0 Å². The van der Waals surface area contributed by atoms with Crippen LogP contribution in [0, 0.1) is 5.92 Å². The molecule has 3 nitrogen and oxygen atoms in total. The lowest BCUT2D eigenvalue weighted by atomic mass is 9.98. The normalized spacial score (nSPS) is 22.5. The maximum absolute atomic E-state index is 9.46. The van der Waals surface area contributed by atoms with Crippen molar-refractivity contribution in [2.45, 2.75) is 25.9 Å². The molecule has 0 radical (unpaired) electrons. The van der Waals surface area contributed by atoms with E-state index in [1.54, 1.807) is 6.92 Å². The molecular formula is C14H21NO2. The van der Waals surface area contributed by atoms with E-state index in [9.17, 15) is 10.2 Å². The molecule has 0 spiro atoms. The van der Waals surface area contributed by atoms with Gasteiger partial charge < -0.3 is 15.1 Å². The summed E-state index contributed by atoms with van der Waals surface area (Å²) in [6, 6.07) is 8.06. The molecule has 3 heteroatoms. The van der Waals surface area contributed by atoms with Crippen LogP contribution in [0.2, 0.25) is 0 Å². The van der Waals surface area contributed by atoms with Gasteiger partial charge in [-0.1, -0.05) is 12.1 Å². The molecule has 17 heavy (non-hydrogen) atoms. The molecule has 0 saturated carbocycles. The first-order valence-electron chi connectivity index (χ1n) is 6.34. The van der Waals surface area contributed by atoms with Gasteiger partial charge in [0, 0.05) is 25.4 Å². The third-order valence-corrected chi connectivity index (χ3v) is 3.52. The van der Waals surface area contributed by atoms with E-state index in [2.05, 4.69) is 17.0 Å². The zero-order chi connectivity index (χ0) is 12.3. The van der Waals surface area contributed by atoms with Gasteiger partial charge in [0.25, 0.3) is 0 Å². The summed E-state index contributed by atoms with van der Waals surface area (Å²) >= 11 is 0. The molecule has 1 aliphatic heterocycles. The molecular weight excluding hydrogens is 214 g/mol. The van der Waals surface area contributed by atoms with E-state index >= 15 is 0 Å². The Bertz CT molecular complexity index is 348. The number of hydrogen-bond acceptors (Lipinski definition) is 3. The summed E-state index contributed by atoms with van der Waals surface area (Å²) in [5.41, 5.74) is 2.14. The highest BCUT2D eigenvalue weighted by Gasteiger charge is 2.19. The average molecular weight is 235 g/mol. The predicted octanol–water partition coefficient (Wildman–Crippen LogP) is 1.95. The van der Waals surface area contributed by atoms with Crippen molar-refractivity contribution in [1.29, 1.82) is 0 Å². The number of rotatable bonds is 3. The van der Waals surface area contributed by atoms with Gasteiger partial charge in [-0.3, -0.25) is 0 Å². The van der Waals surface area contributed by atoms with Gasteiger partial charge in [0.05, 0.1) is 6.10 Å². The second-order valence-electron chi connectivity index (χ2n) is 4.90. The van der Waals surface area contributed by atoms with Crippen molar-refractivity contribution in [2.75, 3.05) is 24.6 Å². The quantitative estimate of drug-likeness (QED) is 0.841. The summed E-state index contributed by atoms with van der Waals surface area (Å²) in [5.74, 6) is 0.403. The molecule has 2 atom stereocenters. The summed E-state index contributed by atoms with van der Waals surface area (Å²) in [4.78, 5) is 2.32. The number of anilines is 1. The third-order valence-electron chi connectivity index (χ3n) is 3.52. The molecule has 1 aromatic carbocycles. The summed E-state index contributed by atoms with van der Waals surface area (Å²) in [6.07, 6.45) is 1.86. The zero-order valence-corrected chi connectivity index (χ0v) is 10.3. The monoisotopic (exact) mass is 235 g/mol. The first-order valence-corrected chi connectivity index (χ1v) is 6.34. The van der Waals surface area contributed by atoms with Crippen LogP contribution >= 0.6 is 0 Å². The van der Waals surface area contributed by atoms with Crippen molar-refractivity contribution in [2.24, 2.45) is 5.92 Å². The van der Waals surface area contributed by atoms with Crippen LogP contribution in [0.5, 0.6) is 0 Å². The molecule has 1 fully saturated rings. The SMILES string of the molecule is C[C@@H](O)c1ccc(N2CCCC(CO)C2)cc1. The van der Waals surface area contributed by atoms with Gasteiger partial charge in [0.2, 0.25) is 0 Å². The minimum absolute atomic E-state index is 0.280. The highest BCUT2D eigenvalue weighted by atomic mass is 16.3. The maximum atomic E-state index is 9.46. The number of aliphatic hydroxyl groups is 2. The van der Waals surface area contributed by atoms with Crippen LogP contribution in [-0.2, 0) is 0 Å². The van der Waals surface area contributed by atoms with E-state index in [1.807, 2.05) is 12.1 Å². The van der Waals surface area contributed by atoms with Crippen LogP contribution in [0.1, 0.15) is 31.4 Å². The first kappa shape index (κ1) is 12.4. The number of nitrogens with zero attached hydrogens (tertiary/aromatic N) is 1. The summed E-state index contributed by atoms with van der Waals surface area (Å²) in [5, 5.41) is 18.7. The molecule has 2 rings (SSSR count). The number of piperidine rings is 1. The fourth-order valence-corrected chi connectivity index (χ4v) is 2.41. The Labute approximate surface area is 103 Å². The topological polar surface area (TPSA) is 43.7 Å². The Morgan fingerprint density at radius 2 is 2.06 bits per heavy atom. The average Bonchev–Trinajstić information content (AvgIpc) is 2.39.